The summed E-state index contributed by atoms with van der Waals surface area (Å²) in [6.45, 7) is 2.56. The Hall–Kier alpha value is -0.150. The number of halogens is 1. The lowest BCUT2D eigenvalue weighted by atomic mass is 9.95. The first-order valence-electron chi connectivity index (χ1n) is 3.20. The summed E-state index contributed by atoms with van der Waals surface area (Å²) in [6, 6.07) is 0. The maximum Gasteiger partial charge on any atom is 0.131 e. The number of piperidine rings is 1. The van der Waals surface area contributed by atoms with Crippen molar-refractivity contribution in [3.05, 3.63) is 0 Å². The average Bonchev–Trinajstić information content (AvgIpc) is 1.77. The third-order valence-electron chi connectivity index (χ3n) is 1.73. The van der Waals surface area contributed by atoms with Gasteiger partial charge in [0.15, 0.2) is 0 Å². The van der Waals surface area contributed by atoms with Crippen LogP contribution in [0.25, 0.3) is 0 Å². The van der Waals surface area contributed by atoms with Crippen LogP contribution in [0.15, 0.2) is 0 Å². The molecule has 0 aliphatic carbocycles. The van der Waals surface area contributed by atoms with Crippen molar-refractivity contribution < 1.29 is 9.50 Å². The van der Waals surface area contributed by atoms with Gasteiger partial charge < -0.3 is 10.4 Å². The highest BCUT2D eigenvalue weighted by molar-refractivity contribution is 4.88. The maximum absolute atomic E-state index is 12.7. The summed E-state index contributed by atoms with van der Waals surface area (Å²) in [6.07, 6.45) is -0.633. The van der Waals surface area contributed by atoms with E-state index in [4.69, 9.17) is 0 Å². The predicted molar refractivity (Wildman–Crippen MR) is 33.0 cm³/mol. The van der Waals surface area contributed by atoms with Crippen molar-refractivity contribution in [2.24, 2.45) is 0 Å². The Bertz CT molecular complexity index is 105. The van der Waals surface area contributed by atoms with E-state index in [0.29, 0.717) is 19.5 Å². The van der Waals surface area contributed by atoms with Gasteiger partial charge in [-0.3, -0.25) is 0 Å². The van der Waals surface area contributed by atoms with Crippen LogP contribution in [0.2, 0.25) is 0 Å². The molecule has 9 heavy (non-hydrogen) atoms. The monoisotopic (exact) mass is 133 g/mol. The predicted octanol–water partition coefficient (Wildman–Crippen LogP) is 0.0688. The Balaban J connectivity index is 2.49. The van der Waals surface area contributed by atoms with E-state index < -0.39 is 11.8 Å². The largest absolute Gasteiger partial charge is 0.386 e. The number of β-amino-alcohol motifs (C(OH)–C–C–N with tert-alkyl or cyclic N) is 1. The van der Waals surface area contributed by atoms with Crippen LogP contribution in [0.1, 0.15) is 13.3 Å². The number of hydrogen-bond acceptors (Lipinski definition) is 2. The Kier molecular flexibility index (Phi) is 1.73. The molecule has 1 aliphatic rings. The molecule has 0 amide bonds. The van der Waals surface area contributed by atoms with Crippen molar-refractivity contribution in [1.82, 2.24) is 5.32 Å². The van der Waals surface area contributed by atoms with Gasteiger partial charge >= 0.3 is 0 Å². The molecule has 0 unspecified atom stereocenters. The highest BCUT2D eigenvalue weighted by Gasteiger charge is 2.34. The first-order chi connectivity index (χ1) is 4.13. The van der Waals surface area contributed by atoms with E-state index in [1.807, 2.05) is 0 Å². The molecule has 2 atom stereocenters. The number of nitrogens with one attached hydrogen (secondary N) is 1. The van der Waals surface area contributed by atoms with E-state index in [1.54, 1.807) is 0 Å². The van der Waals surface area contributed by atoms with E-state index in [0.717, 1.165) is 0 Å². The molecule has 54 valence electrons. The van der Waals surface area contributed by atoms with Crippen molar-refractivity contribution in [2.45, 2.75) is 25.1 Å². The molecule has 1 heterocycles. The molecule has 2 N–H and O–H groups in total. The van der Waals surface area contributed by atoms with E-state index in [-0.39, 0.29) is 0 Å². The SMILES string of the molecule is C[C@]1(O)CNCC[C@@H]1F. The van der Waals surface area contributed by atoms with Crippen LogP contribution >= 0.6 is 0 Å². The molecule has 0 radical (unpaired) electrons. The Labute approximate surface area is 54.1 Å². The number of hydrogen-bond donors (Lipinski definition) is 2. The standard InChI is InChI=1S/C6H12FNO/c1-6(9)4-8-3-2-5(6)7/h5,8-9H,2-4H2,1H3/t5-,6-/m0/s1. The summed E-state index contributed by atoms with van der Waals surface area (Å²) in [7, 11) is 0. The summed E-state index contributed by atoms with van der Waals surface area (Å²) in [5.74, 6) is 0. The van der Waals surface area contributed by atoms with Gasteiger partial charge in [0.05, 0.1) is 0 Å². The fourth-order valence-corrected chi connectivity index (χ4v) is 0.992. The average molecular weight is 133 g/mol. The minimum atomic E-state index is -1.14. The van der Waals surface area contributed by atoms with Crippen LogP contribution in [0.5, 0.6) is 0 Å². The van der Waals surface area contributed by atoms with Gasteiger partial charge in [0.1, 0.15) is 11.8 Å². The second-order valence-corrected chi connectivity index (χ2v) is 2.79. The third-order valence-corrected chi connectivity index (χ3v) is 1.73. The highest BCUT2D eigenvalue weighted by Crippen LogP contribution is 2.18. The van der Waals surface area contributed by atoms with Crippen LogP contribution in [-0.2, 0) is 0 Å². The van der Waals surface area contributed by atoms with Crippen molar-refractivity contribution >= 4 is 0 Å². The Morgan fingerprint density at radius 1 is 1.78 bits per heavy atom. The van der Waals surface area contributed by atoms with Crippen LogP contribution in [0.3, 0.4) is 0 Å². The lowest BCUT2D eigenvalue weighted by Gasteiger charge is -2.32. The number of rotatable bonds is 0. The Morgan fingerprint density at radius 2 is 2.44 bits per heavy atom. The summed E-state index contributed by atoms with van der Waals surface area (Å²) < 4.78 is 12.7. The molecular weight excluding hydrogens is 121 g/mol. The van der Waals surface area contributed by atoms with Crippen molar-refractivity contribution in [2.75, 3.05) is 13.1 Å². The van der Waals surface area contributed by atoms with Crippen LogP contribution in [-0.4, -0.2) is 30.0 Å². The second kappa shape index (κ2) is 2.23. The van der Waals surface area contributed by atoms with Crippen molar-refractivity contribution in [3.63, 3.8) is 0 Å². The van der Waals surface area contributed by atoms with E-state index in [1.165, 1.54) is 6.92 Å². The summed E-state index contributed by atoms with van der Waals surface area (Å²) in [4.78, 5) is 0. The zero-order valence-electron chi connectivity index (χ0n) is 5.52. The normalized spacial score (nSPS) is 45.0. The molecule has 0 spiro atoms. The van der Waals surface area contributed by atoms with Gasteiger partial charge in [-0.05, 0) is 19.9 Å². The van der Waals surface area contributed by atoms with Gasteiger partial charge in [-0.15, -0.1) is 0 Å². The zero-order valence-corrected chi connectivity index (χ0v) is 5.52. The second-order valence-electron chi connectivity index (χ2n) is 2.79. The first-order valence-corrected chi connectivity index (χ1v) is 3.20. The molecule has 1 saturated heterocycles. The molecule has 0 aromatic carbocycles. The molecule has 1 rings (SSSR count). The molecule has 0 aromatic rings. The number of aliphatic hydroxyl groups is 1. The van der Waals surface area contributed by atoms with Gasteiger partial charge in [-0.25, -0.2) is 4.39 Å². The van der Waals surface area contributed by atoms with Crippen LogP contribution in [0.4, 0.5) is 4.39 Å². The highest BCUT2D eigenvalue weighted by atomic mass is 19.1. The molecular formula is C6H12FNO. The van der Waals surface area contributed by atoms with Crippen molar-refractivity contribution in [1.29, 1.82) is 0 Å². The number of alkyl halides is 1. The van der Waals surface area contributed by atoms with Crippen molar-refractivity contribution in [3.8, 4) is 0 Å². The van der Waals surface area contributed by atoms with Crippen LogP contribution < -0.4 is 5.32 Å². The van der Waals surface area contributed by atoms with Gasteiger partial charge in [0, 0.05) is 6.54 Å². The minimum absolute atomic E-state index is 0.369. The maximum atomic E-state index is 12.7. The summed E-state index contributed by atoms with van der Waals surface area (Å²) in [5.41, 5.74) is -1.14. The van der Waals surface area contributed by atoms with Gasteiger partial charge in [-0.2, -0.15) is 0 Å². The third kappa shape index (κ3) is 1.40. The van der Waals surface area contributed by atoms with Gasteiger partial charge in [0.2, 0.25) is 0 Å². The molecule has 2 nitrogen and oxygen atoms in total. The molecule has 1 aliphatic heterocycles. The summed E-state index contributed by atoms with van der Waals surface area (Å²) in [5, 5.41) is 12.1. The Morgan fingerprint density at radius 3 is 2.78 bits per heavy atom. The van der Waals surface area contributed by atoms with Crippen LogP contribution in [0, 0.1) is 0 Å². The summed E-state index contributed by atoms with van der Waals surface area (Å²) >= 11 is 0. The van der Waals surface area contributed by atoms with Gasteiger partial charge in [0.25, 0.3) is 0 Å². The fourth-order valence-electron chi connectivity index (χ4n) is 0.992. The zero-order chi connectivity index (χ0) is 6.91. The smallest absolute Gasteiger partial charge is 0.131 e. The lowest BCUT2D eigenvalue weighted by molar-refractivity contribution is -0.0360. The first kappa shape index (κ1) is 6.96. The minimum Gasteiger partial charge on any atom is -0.386 e. The molecule has 1 fully saturated rings. The lowest BCUT2D eigenvalue weighted by Crippen LogP contribution is -2.51. The quantitative estimate of drug-likeness (QED) is 0.490. The van der Waals surface area contributed by atoms with E-state index in [9.17, 15) is 9.50 Å². The van der Waals surface area contributed by atoms with E-state index in [2.05, 4.69) is 5.32 Å². The fraction of sp³-hybridized carbons (Fsp3) is 1.00. The molecule has 0 saturated carbocycles. The van der Waals surface area contributed by atoms with E-state index >= 15 is 0 Å². The van der Waals surface area contributed by atoms with Gasteiger partial charge in [-0.1, -0.05) is 0 Å². The molecule has 0 bridgehead atoms. The topological polar surface area (TPSA) is 32.3 Å². The molecule has 0 aromatic heterocycles. The molecule has 3 heteroatoms.